The molecular weight excluding hydrogens is 197 g/mol. The van der Waals surface area contributed by atoms with Crippen molar-refractivity contribution < 1.29 is 24.3 Å². The lowest BCUT2D eigenvalue weighted by atomic mass is 10.1. The Morgan fingerprint density at radius 1 is 1.50 bits per heavy atom. The quantitative estimate of drug-likeness (QED) is 0.551. The number of benzene rings is 1. The maximum Gasteiger partial charge on any atom is 0.339 e. The Hall–Kier alpha value is -2.18. The highest BCUT2D eigenvalue weighted by Gasteiger charge is 2.22. The van der Waals surface area contributed by atoms with Gasteiger partial charge in [-0.05, 0) is 6.07 Å². The van der Waals surface area contributed by atoms with Gasteiger partial charge in [0.2, 0.25) is 5.75 Å². The summed E-state index contributed by atoms with van der Waals surface area (Å²) in [5.74, 6) is -3.78. The van der Waals surface area contributed by atoms with Crippen LogP contribution < -0.4 is 0 Å². The van der Waals surface area contributed by atoms with Crippen molar-refractivity contribution in [1.29, 1.82) is 0 Å². The number of rotatable bonds is 2. The fourth-order valence-electron chi connectivity index (χ4n) is 0.887. The summed E-state index contributed by atoms with van der Waals surface area (Å²) in [6, 6.07) is 0.951. The first-order valence-corrected chi connectivity index (χ1v) is 3.33. The smallest absolute Gasteiger partial charge is 0.339 e. The zero-order valence-electron chi connectivity index (χ0n) is 6.60. The molecule has 14 heavy (non-hydrogen) atoms. The van der Waals surface area contributed by atoms with Gasteiger partial charge in [0.25, 0.3) is 0 Å². The number of phenols is 1. The van der Waals surface area contributed by atoms with Crippen LogP contribution in [0.1, 0.15) is 10.4 Å². The predicted molar refractivity (Wildman–Crippen MR) is 41.7 cm³/mol. The zero-order valence-corrected chi connectivity index (χ0v) is 6.60. The van der Waals surface area contributed by atoms with Gasteiger partial charge in [0.1, 0.15) is 11.4 Å². The molecule has 0 amide bonds. The van der Waals surface area contributed by atoms with E-state index >= 15 is 0 Å². The van der Waals surface area contributed by atoms with E-state index in [0.29, 0.717) is 12.1 Å². The second-order valence-corrected chi connectivity index (χ2v) is 2.38. The zero-order chi connectivity index (χ0) is 10.9. The Labute approximate surface area is 76.4 Å². The first kappa shape index (κ1) is 9.90. The third kappa shape index (κ3) is 1.60. The van der Waals surface area contributed by atoms with Crippen LogP contribution in [0.5, 0.6) is 5.75 Å². The Kier molecular flexibility index (Phi) is 2.32. The van der Waals surface area contributed by atoms with Gasteiger partial charge < -0.3 is 10.2 Å². The first-order chi connectivity index (χ1) is 6.43. The molecule has 0 aromatic heterocycles. The third-order valence-corrected chi connectivity index (χ3v) is 1.48. The molecule has 0 radical (unpaired) electrons. The maximum absolute atomic E-state index is 12.6. The lowest BCUT2D eigenvalue weighted by Gasteiger charge is -2.00. The molecule has 0 heterocycles. The number of aromatic hydroxyl groups is 1. The lowest BCUT2D eigenvalue weighted by molar-refractivity contribution is -0.386. The van der Waals surface area contributed by atoms with Crippen molar-refractivity contribution in [2.75, 3.05) is 0 Å². The lowest BCUT2D eigenvalue weighted by Crippen LogP contribution is -2.00. The van der Waals surface area contributed by atoms with Gasteiger partial charge in [0, 0.05) is 0 Å². The average molecular weight is 201 g/mol. The highest BCUT2D eigenvalue weighted by atomic mass is 19.1. The molecule has 0 aliphatic rings. The molecule has 0 bridgehead atoms. The van der Waals surface area contributed by atoms with E-state index in [1.807, 2.05) is 0 Å². The summed E-state index contributed by atoms with van der Waals surface area (Å²) in [4.78, 5) is 19.6. The van der Waals surface area contributed by atoms with E-state index in [4.69, 9.17) is 10.2 Å². The normalized spacial score (nSPS) is 9.79. The van der Waals surface area contributed by atoms with Crippen LogP contribution in [0, 0.1) is 15.9 Å². The summed E-state index contributed by atoms with van der Waals surface area (Å²) in [7, 11) is 0. The van der Waals surface area contributed by atoms with Crippen LogP contribution in [0.25, 0.3) is 0 Å². The fraction of sp³-hybridized carbons (Fsp3) is 0. The molecule has 74 valence electrons. The van der Waals surface area contributed by atoms with E-state index in [-0.39, 0.29) is 0 Å². The number of hydrogen-bond donors (Lipinski definition) is 2. The molecule has 2 N–H and O–H groups in total. The third-order valence-electron chi connectivity index (χ3n) is 1.48. The minimum atomic E-state index is -1.63. The number of nitro groups is 1. The standard InChI is InChI=1S/C7H4FNO5/c8-3-1-4(7(11)12)6(10)5(2-3)9(13)14/h1-2,10H,(H,11,12). The molecule has 1 aromatic carbocycles. The van der Waals surface area contributed by atoms with Gasteiger partial charge in [-0.1, -0.05) is 0 Å². The largest absolute Gasteiger partial charge is 0.501 e. The number of carbonyl (C=O) groups is 1. The molecule has 6 nitrogen and oxygen atoms in total. The van der Waals surface area contributed by atoms with E-state index in [1.54, 1.807) is 0 Å². The first-order valence-electron chi connectivity index (χ1n) is 3.33. The van der Waals surface area contributed by atoms with Crippen LogP contribution in [-0.2, 0) is 0 Å². The summed E-state index contributed by atoms with van der Waals surface area (Å²) in [6.07, 6.45) is 0. The summed E-state index contributed by atoms with van der Waals surface area (Å²) >= 11 is 0. The Morgan fingerprint density at radius 2 is 2.07 bits per heavy atom. The number of halogens is 1. The molecule has 0 saturated carbocycles. The van der Waals surface area contributed by atoms with Crippen LogP contribution in [-0.4, -0.2) is 21.1 Å². The Morgan fingerprint density at radius 3 is 2.50 bits per heavy atom. The van der Waals surface area contributed by atoms with Gasteiger partial charge in [-0.15, -0.1) is 0 Å². The van der Waals surface area contributed by atoms with Gasteiger partial charge in [-0.25, -0.2) is 9.18 Å². The Bertz CT molecular complexity index is 382. The van der Waals surface area contributed by atoms with E-state index < -0.39 is 33.7 Å². The van der Waals surface area contributed by atoms with E-state index in [9.17, 15) is 19.3 Å². The summed E-state index contributed by atoms with van der Waals surface area (Å²) in [5.41, 5.74) is -1.81. The minimum absolute atomic E-state index is 0.446. The van der Waals surface area contributed by atoms with E-state index in [1.165, 1.54) is 0 Å². The van der Waals surface area contributed by atoms with Crippen molar-refractivity contribution in [3.63, 3.8) is 0 Å². The topological polar surface area (TPSA) is 101 Å². The van der Waals surface area contributed by atoms with Gasteiger partial charge in [0.05, 0.1) is 11.0 Å². The number of aromatic carboxylic acids is 1. The van der Waals surface area contributed by atoms with Crippen LogP contribution in [0.4, 0.5) is 10.1 Å². The number of nitro benzene ring substituents is 1. The molecule has 1 rings (SSSR count). The van der Waals surface area contributed by atoms with Crippen molar-refractivity contribution in [3.8, 4) is 5.75 Å². The molecule has 0 spiro atoms. The van der Waals surface area contributed by atoms with Crippen LogP contribution in [0.15, 0.2) is 12.1 Å². The van der Waals surface area contributed by atoms with Crippen molar-refractivity contribution in [2.24, 2.45) is 0 Å². The molecule has 0 aliphatic heterocycles. The van der Waals surface area contributed by atoms with Crippen LogP contribution in [0.2, 0.25) is 0 Å². The van der Waals surface area contributed by atoms with Crippen molar-refractivity contribution in [3.05, 3.63) is 33.6 Å². The number of hydrogen-bond acceptors (Lipinski definition) is 4. The SMILES string of the molecule is O=C(O)c1cc(F)cc([N+](=O)[O-])c1O. The van der Waals surface area contributed by atoms with Crippen molar-refractivity contribution in [1.82, 2.24) is 0 Å². The van der Waals surface area contributed by atoms with Crippen LogP contribution in [0.3, 0.4) is 0 Å². The Balaban J connectivity index is 3.47. The number of carboxylic acid groups (broad SMARTS) is 1. The minimum Gasteiger partial charge on any atom is -0.501 e. The second-order valence-electron chi connectivity index (χ2n) is 2.38. The molecule has 0 atom stereocenters. The molecule has 0 fully saturated rings. The van der Waals surface area contributed by atoms with E-state index in [0.717, 1.165) is 0 Å². The highest BCUT2D eigenvalue weighted by Crippen LogP contribution is 2.30. The van der Waals surface area contributed by atoms with Gasteiger partial charge in [0.15, 0.2) is 0 Å². The summed E-state index contributed by atoms with van der Waals surface area (Å²) in [6.45, 7) is 0. The molecule has 0 saturated heterocycles. The predicted octanol–water partition coefficient (Wildman–Crippen LogP) is 1.14. The highest BCUT2D eigenvalue weighted by molar-refractivity contribution is 5.92. The van der Waals surface area contributed by atoms with Crippen LogP contribution >= 0.6 is 0 Å². The number of carboxylic acids is 1. The van der Waals surface area contributed by atoms with Crippen molar-refractivity contribution >= 4 is 11.7 Å². The van der Waals surface area contributed by atoms with E-state index in [2.05, 4.69) is 0 Å². The monoisotopic (exact) mass is 201 g/mol. The average Bonchev–Trinajstić information content (AvgIpc) is 2.07. The van der Waals surface area contributed by atoms with Gasteiger partial charge in [-0.2, -0.15) is 0 Å². The van der Waals surface area contributed by atoms with Gasteiger partial charge >= 0.3 is 11.7 Å². The van der Waals surface area contributed by atoms with Gasteiger partial charge in [-0.3, -0.25) is 10.1 Å². The summed E-state index contributed by atoms with van der Waals surface area (Å²) in [5, 5.41) is 27.7. The maximum atomic E-state index is 12.6. The fourth-order valence-corrected chi connectivity index (χ4v) is 0.887. The van der Waals surface area contributed by atoms with Crippen molar-refractivity contribution in [2.45, 2.75) is 0 Å². The molecule has 7 heteroatoms. The molecular formula is C7H4FNO5. The number of nitrogens with zero attached hydrogens (tertiary/aromatic N) is 1. The molecule has 0 aliphatic carbocycles. The second kappa shape index (κ2) is 3.29. The molecule has 0 unspecified atom stereocenters. The molecule has 1 aromatic rings. The summed E-state index contributed by atoms with van der Waals surface area (Å²) < 4.78 is 12.6.